The molecule has 0 radical (unpaired) electrons. The Kier molecular flexibility index (Phi) is 7.55. The van der Waals surface area contributed by atoms with Crippen LogP contribution in [0.4, 0.5) is 0 Å². The number of nitrogens with zero attached hydrogens (tertiary/aromatic N) is 4. The number of aromatic amines is 2. The summed E-state index contributed by atoms with van der Waals surface area (Å²) in [6, 6.07) is 19.0. The maximum atomic E-state index is 5.06. The van der Waals surface area contributed by atoms with Gasteiger partial charge in [-0.25, -0.2) is 4.98 Å². The fourth-order valence-corrected chi connectivity index (χ4v) is 5.47. The average molecular weight is 530 g/mol. The van der Waals surface area contributed by atoms with Crippen LogP contribution in [0.15, 0.2) is 85.7 Å². The van der Waals surface area contributed by atoms with Crippen LogP contribution in [0.5, 0.6) is 0 Å². The quantitative estimate of drug-likeness (QED) is 0.187. The van der Waals surface area contributed by atoms with Crippen molar-refractivity contribution in [1.29, 1.82) is 0 Å². The number of nitrogens with one attached hydrogen (secondary N) is 3. The second-order valence-corrected chi connectivity index (χ2v) is 10.4. The molecule has 0 spiro atoms. The molecular formula is C33H35N7. The Morgan fingerprint density at radius 3 is 2.62 bits per heavy atom. The molecule has 0 bridgehead atoms. The van der Waals surface area contributed by atoms with Crippen molar-refractivity contribution in [3.05, 3.63) is 108 Å². The lowest BCUT2D eigenvalue weighted by Crippen LogP contribution is -2.28. The molecule has 0 atom stereocenters. The average Bonchev–Trinajstić information content (AvgIpc) is 3.60. The van der Waals surface area contributed by atoms with Gasteiger partial charge in [0.25, 0.3) is 0 Å². The van der Waals surface area contributed by atoms with Crippen molar-refractivity contribution in [3.63, 3.8) is 0 Å². The highest BCUT2D eigenvalue weighted by atomic mass is 15.2. The van der Waals surface area contributed by atoms with Crippen LogP contribution in [0.2, 0.25) is 0 Å². The lowest BCUT2D eigenvalue weighted by atomic mass is 10.0. The van der Waals surface area contributed by atoms with Gasteiger partial charge in [0.2, 0.25) is 0 Å². The van der Waals surface area contributed by atoms with Gasteiger partial charge in [-0.15, -0.1) is 0 Å². The molecule has 202 valence electrons. The summed E-state index contributed by atoms with van der Waals surface area (Å²) in [6.45, 7) is 9.70. The number of fused-ring (bicyclic) bond motifs is 1. The molecule has 2 aromatic carbocycles. The molecule has 1 aliphatic heterocycles. The van der Waals surface area contributed by atoms with Gasteiger partial charge in [0, 0.05) is 55.2 Å². The number of imidazole rings is 1. The summed E-state index contributed by atoms with van der Waals surface area (Å²) < 4.78 is 0. The third-order valence-corrected chi connectivity index (χ3v) is 7.52. The number of rotatable bonds is 9. The largest absolute Gasteiger partial charge is 0.370 e. The van der Waals surface area contributed by atoms with E-state index in [2.05, 4.69) is 98.5 Å². The summed E-state index contributed by atoms with van der Waals surface area (Å²) in [6.07, 6.45) is 11.5. The monoisotopic (exact) mass is 529 g/mol. The molecule has 5 aromatic rings. The molecule has 1 aliphatic rings. The van der Waals surface area contributed by atoms with Gasteiger partial charge in [0.1, 0.15) is 11.4 Å². The summed E-state index contributed by atoms with van der Waals surface area (Å²) in [5.74, 6) is 0.764. The summed E-state index contributed by atoms with van der Waals surface area (Å²) >= 11 is 0. The zero-order valence-corrected chi connectivity index (χ0v) is 23.0. The molecule has 3 N–H and O–H groups in total. The Morgan fingerprint density at radius 1 is 0.975 bits per heavy atom. The lowest BCUT2D eigenvalue weighted by Gasteiger charge is -2.30. The fourth-order valence-electron chi connectivity index (χ4n) is 5.47. The van der Waals surface area contributed by atoms with Crippen LogP contribution in [0, 0.1) is 6.92 Å². The van der Waals surface area contributed by atoms with Crippen LogP contribution in [0.1, 0.15) is 41.8 Å². The van der Waals surface area contributed by atoms with Gasteiger partial charge >= 0.3 is 0 Å². The maximum Gasteiger partial charge on any atom is 0.159 e. The third kappa shape index (κ3) is 5.46. The topological polar surface area (TPSA) is 85.5 Å². The highest BCUT2D eigenvalue weighted by Crippen LogP contribution is 2.32. The summed E-state index contributed by atoms with van der Waals surface area (Å²) in [5.41, 5.74) is 9.49. The Labute approximate surface area is 235 Å². The number of pyridine rings is 1. The zero-order chi connectivity index (χ0) is 27.3. The normalized spacial score (nSPS) is 14.1. The number of benzene rings is 2. The van der Waals surface area contributed by atoms with Gasteiger partial charge in [-0.1, -0.05) is 49.1 Å². The van der Waals surface area contributed by atoms with Crippen LogP contribution < -0.4 is 5.32 Å². The molecule has 0 saturated carbocycles. The first kappa shape index (κ1) is 25.8. The van der Waals surface area contributed by atoms with E-state index >= 15 is 0 Å². The highest BCUT2D eigenvalue weighted by molar-refractivity contribution is 5.94. The van der Waals surface area contributed by atoms with E-state index in [1.807, 2.05) is 24.5 Å². The van der Waals surface area contributed by atoms with Crippen molar-refractivity contribution in [2.24, 2.45) is 0 Å². The van der Waals surface area contributed by atoms with Crippen LogP contribution in [0.25, 0.3) is 39.2 Å². The first-order valence-electron chi connectivity index (χ1n) is 14.0. The van der Waals surface area contributed by atoms with Gasteiger partial charge < -0.3 is 15.2 Å². The van der Waals surface area contributed by atoms with Gasteiger partial charge in [-0.05, 0) is 67.2 Å². The minimum absolute atomic E-state index is 0.751. The molecule has 40 heavy (non-hydrogen) atoms. The van der Waals surface area contributed by atoms with E-state index < -0.39 is 0 Å². The van der Waals surface area contributed by atoms with E-state index in [9.17, 15) is 0 Å². The minimum atomic E-state index is 0.751. The van der Waals surface area contributed by atoms with E-state index in [-0.39, 0.29) is 0 Å². The maximum absolute atomic E-state index is 5.06. The summed E-state index contributed by atoms with van der Waals surface area (Å²) in [7, 11) is 0. The second kappa shape index (κ2) is 11.7. The number of aromatic nitrogens is 5. The number of hydrogen-bond donors (Lipinski definition) is 3. The lowest BCUT2D eigenvalue weighted by molar-refractivity contribution is 0.325. The molecule has 3 aromatic heterocycles. The number of piperidine rings is 1. The molecule has 6 rings (SSSR count). The first-order chi connectivity index (χ1) is 19.7. The SMILES string of the molecule is C=C/C=C(\c1nc(-c2n[nH]c3ccc(-c4cncc(CNCc5ccccc5)c4)cc23)[nH]c1C)N1CCCCC1. The molecule has 7 heteroatoms. The summed E-state index contributed by atoms with van der Waals surface area (Å²) in [5, 5.41) is 12.4. The van der Waals surface area contributed by atoms with E-state index in [4.69, 9.17) is 4.98 Å². The second-order valence-electron chi connectivity index (χ2n) is 10.4. The van der Waals surface area contributed by atoms with Crippen molar-refractivity contribution in [3.8, 4) is 22.6 Å². The van der Waals surface area contributed by atoms with Crippen LogP contribution in [-0.4, -0.2) is 43.1 Å². The molecule has 4 heterocycles. The minimum Gasteiger partial charge on any atom is -0.370 e. The van der Waals surface area contributed by atoms with Crippen LogP contribution in [-0.2, 0) is 13.1 Å². The number of H-pyrrole nitrogens is 2. The predicted molar refractivity (Wildman–Crippen MR) is 162 cm³/mol. The van der Waals surface area contributed by atoms with Crippen LogP contribution in [0.3, 0.4) is 0 Å². The molecule has 1 saturated heterocycles. The highest BCUT2D eigenvalue weighted by Gasteiger charge is 2.21. The standard InChI is InChI=1S/C33H35N7/c1-3-10-30(40-15-8-5-9-16-40)31-23(2)36-33(37-31)32-28-18-26(13-14-29(28)38-39-32)27-17-25(21-35-22-27)20-34-19-24-11-6-4-7-12-24/h3-4,6-7,10-14,17-18,21-22,34H,1,5,8-9,15-16,19-20H2,2H3,(H,36,37)(H,38,39)/b30-10+. The predicted octanol–water partition coefficient (Wildman–Crippen LogP) is 6.63. The third-order valence-electron chi connectivity index (χ3n) is 7.52. The Bertz CT molecular complexity index is 1640. The molecule has 1 fully saturated rings. The fraction of sp³-hybridized carbons (Fsp3) is 0.242. The van der Waals surface area contributed by atoms with Gasteiger partial charge in [-0.3, -0.25) is 10.1 Å². The molecule has 0 aliphatic carbocycles. The molecule has 7 nitrogen and oxygen atoms in total. The van der Waals surface area contributed by atoms with Gasteiger partial charge in [-0.2, -0.15) is 5.10 Å². The van der Waals surface area contributed by atoms with E-state index in [1.165, 1.54) is 24.8 Å². The molecule has 0 amide bonds. The van der Waals surface area contributed by atoms with Crippen molar-refractivity contribution in [2.45, 2.75) is 39.3 Å². The first-order valence-corrected chi connectivity index (χ1v) is 14.0. The van der Waals surface area contributed by atoms with Crippen molar-refractivity contribution >= 4 is 16.6 Å². The van der Waals surface area contributed by atoms with E-state index in [0.717, 1.165) is 82.4 Å². The smallest absolute Gasteiger partial charge is 0.159 e. The van der Waals surface area contributed by atoms with E-state index in [1.54, 1.807) is 0 Å². The van der Waals surface area contributed by atoms with E-state index in [0.29, 0.717) is 0 Å². The van der Waals surface area contributed by atoms with Gasteiger partial charge in [0.05, 0.1) is 11.2 Å². The number of hydrogen-bond acceptors (Lipinski definition) is 5. The zero-order valence-electron chi connectivity index (χ0n) is 23.0. The van der Waals surface area contributed by atoms with Crippen LogP contribution >= 0.6 is 0 Å². The number of aryl methyl sites for hydroxylation is 1. The molecular weight excluding hydrogens is 494 g/mol. The Morgan fingerprint density at radius 2 is 1.80 bits per heavy atom. The van der Waals surface area contributed by atoms with Crippen molar-refractivity contribution in [1.82, 2.24) is 35.4 Å². The van der Waals surface area contributed by atoms with Crippen molar-refractivity contribution < 1.29 is 0 Å². The Balaban J connectivity index is 1.26. The van der Waals surface area contributed by atoms with Gasteiger partial charge in [0.15, 0.2) is 5.82 Å². The van der Waals surface area contributed by atoms with Crippen molar-refractivity contribution in [2.75, 3.05) is 13.1 Å². The summed E-state index contributed by atoms with van der Waals surface area (Å²) in [4.78, 5) is 15.5. The molecule has 0 unspecified atom stereocenters. The number of likely N-dealkylation sites (tertiary alicyclic amines) is 1. The number of allylic oxidation sites excluding steroid dienone is 2. The Hall–Kier alpha value is -4.49.